The van der Waals surface area contributed by atoms with Crippen molar-refractivity contribution in [1.29, 1.82) is 0 Å². The van der Waals surface area contributed by atoms with Gasteiger partial charge in [0.05, 0.1) is 23.8 Å². The average molecular weight is 502 g/mol. The smallest absolute Gasteiger partial charge is 0.260 e. The number of anilines is 2. The summed E-state index contributed by atoms with van der Waals surface area (Å²) in [6, 6.07) is 10.5. The molecule has 1 amide bonds. The van der Waals surface area contributed by atoms with Gasteiger partial charge in [-0.3, -0.25) is 9.10 Å². The molecule has 1 N–H and O–H groups in total. The molecule has 0 aliphatic carbocycles. The maximum atomic E-state index is 12.3. The second kappa shape index (κ2) is 9.60. The summed E-state index contributed by atoms with van der Waals surface area (Å²) < 4.78 is 26.3. The Morgan fingerprint density at radius 2 is 1.90 bits per heavy atom. The van der Waals surface area contributed by atoms with E-state index in [1.54, 1.807) is 19.1 Å². The van der Waals surface area contributed by atoms with Crippen LogP contribution < -0.4 is 14.6 Å². The third-order valence-electron chi connectivity index (χ3n) is 3.98. The van der Waals surface area contributed by atoms with Crippen molar-refractivity contribution in [3.05, 3.63) is 57.0 Å². The lowest BCUT2D eigenvalue weighted by Gasteiger charge is -2.23. The number of nitrogens with one attached hydrogen (secondary N) is 1. The highest BCUT2D eigenvalue weighted by Gasteiger charge is 2.22. The van der Waals surface area contributed by atoms with Gasteiger partial charge in [0.2, 0.25) is 10.0 Å². The molecule has 2 rings (SSSR count). The normalized spacial score (nSPS) is 11.5. The van der Waals surface area contributed by atoms with Crippen molar-refractivity contribution < 1.29 is 13.2 Å². The van der Waals surface area contributed by atoms with E-state index in [0.29, 0.717) is 16.3 Å². The molecule has 0 saturated carbocycles. The highest BCUT2D eigenvalue weighted by Crippen LogP contribution is 2.26. The molecule has 0 heterocycles. The highest BCUT2D eigenvalue weighted by molar-refractivity contribution is 9.10. The topological polar surface area (TPSA) is 82.1 Å². The Kier molecular flexibility index (Phi) is 7.67. The van der Waals surface area contributed by atoms with Crippen molar-refractivity contribution in [2.24, 2.45) is 5.10 Å². The van der Waals surface area contributed by atoms with Crippen LogP contribution in [0.5, 0.6) is 0 Å². The van der Waals surface area contributed by atoms with Crippen molar-refractivity contribution >= 4 is 61.1 Å². The van der Waals surface area contributed by atoms with E-state index in [1.807, 2.05) is 37.2 Å². The number of carbonyl (C=O) groups is 1. The molecule has 10 heteroatoms. The molecule has 156 valence electrons. The monoisotopic (exact) mass is 500 g/mol. The molecule has 7 nitrogen and oxygen atoms in total. The molecule has 0 bridgehead atoms. The highest BCUT2D eigenvalue weighted by atomic mass is 79.9. The molecule has 0 fully saturated rings. The van der Waals surface area contributed by atoms with Gasteiger partial charge < -0.3 is 4.90 Å². The lowest BCUT2D eigenvalue weighted by molar-refractivity contribution is -0.119. The van der Waals surface area contributed by atoms with Crippen LogP contribution in [0, 0.1) is 6.92 Å². The molecule has 2 aromatic rings. The van der Waals surface area contributed by atoms with Gasteiger partial charge >= 0.3 is 0 Å². The first-order chi connectivity index (χ1) is 13.5. The number of sulfonamides is 1. The van der Waals surface area contributed by atoms with Crippen LogP contribution in [0.2, 0.25) is 5.02 Å². The fourth-order valence-corrected chi connectivity index (χ4v) is 4.37. The van der Waals surface area contributed by atoms with Gasteiger partial charge in [0.15, 0.2) is 0 Å². The number of nitrogens with zero attached hydrogens (tertiary/aromatic N) is 3. The zero-order valence-corrected chi connectivity index (χ0v) is 19.6. The van der Waals surface area contributed by atoms with Crippen molar-refractivity contribution in [3.8, 4) is 0 Å². The summed E-state index contributed by atoms with van der Waals surface area (Å²) in [5.41, 5.74) is 5.17. The van der Waals surface area contributed by atoms with Gasteiger partial charge in [0.1, 0.15) is 6.54 Å². The number of hydrogen-bond acceptors (Lipinski definition) is 5. The second-order valence-corrected chi connectivity index (χ2v) is 9.80. The molecule has 0 aliphatic rings. The van der Waals surface area contributed by atoms with Crippen LogP contribution in [-0.2, 0) is 14.8 Å². The van der Waals surface area contributed by atoms with Crippen LogP contribution in [-0.4, -0.2) is 47.4 Å². The molecule has 29 heavy (non-hydrogen) atoms. The number of hydrogen-bond donors (Lipinski definition) is 1. The van der Waals surface area contributed by atoms with E-state index in [1.165, 1.54) is 12.3 Å². The fourth-order valence-electron chi connectivity index (χ4n) is 2.54. The molecule has 0 spiro atoms. The van der Waals surface area contributed by atoms with E-state index in [4.69, 9.17) is 11.6 Å². The molecule has 0 unspecified atom stereocenters. The zero-order valence-electron chi connectivity index (χ0n) is 16.5. The average Bonchev–Trinajstić information content (AvgIpc) is 2.61. The number of rotatable bonds is 7. The van der Waals surface area contributed by atoms with Crippen LogP contribution in [0.15, 0.2) is 46.0 Å². The van der Waals surface area contributed by atoms with Crippen molar-refractivity contribution in [2.75, 3.05) is 36.1 Å². The number of carbonyl (C=O) groups excluding carboxylic acids is 1. The predicted octanol–water partition coefficient (Wildman–Crippen LogP) is 3.39. The molecule has 0 radical (unpaired) electrons. The minimum atomic E-state index is -3.70. The second-order valence-electron chi connectivity index (χ2n) is 6.60. The van der Waals surface area contributed by atoms with Crippen molar-refractivity contribution in [1.82, 2.24) is 5.43 Å². The van der Waals surface area contributed by atoms with E-state index >= 15 is 0 Å². The molecule has 0 saturated heterocycles. The van der Waals surface area contributed by atoms with E-state index in [9.17, 15) is 13.2 Å². The van der Waals surface area contributed by atoms with Gasteiger partial charge in [0, 0.05) is 23.6 Å². The van der Waals surface area contributed by atoms with Gasteiger partial charge in [-0.2, -0.15) is 5.10 Å². The third-order valence-corrected chi connectivity index (χ3v) is 5.98. The largest absolute Gasteiger partial charge is 0.377 e. The Balaban J connectivity index is 2.12. The van der Waals surface area contributed by atoms with Crippen LogP contribution in [0.1, 0.15) is 11.1 Å². The van der Waals surface area contributed by atoms with E-state index < -0.39 is 22.5 Å². The molecule has 0 aromatic heterocycles. The van der Waals surface area contributed by atoms with Crippen LogP contribution in [0.25, 0.3) is 0 Å². The molecule has 2 aromatic carbocycles. The Morgan fingerprint density at radius 3 is 2.48 bits per heavy atom. The number of aryl methyl sites for hydroxylation is 1. The summed E-state index contributed by atoms with van der Waals surface area (Å²) in [7, 11) is 0.171. The Bertz CT molecular complexity index is 1040. The molecular formula is C19H22BrClN4O3S. The van der Waals surface area contributed by atoms with Crippen LogP contribution in [0.3, 0.4) is 0 Å². The van der Waals surface area contributed by atoms with E-state index in [-0.39, 0.29) is 0 Å². The Morgan fingerprint density at radius 1 is 1.21 bits per heavy atom. The Hall–Kier alpha value is -2.10. The van der Waals surface area contributed by atoms with E-state index in [2.05, 4.69) is 26.5 Å². The first-order valence-electron chi connectivity index (χ1n) is 8.51. The van der Waals surface area contributed by atoms with Gasteiger partial charge in [0.25, 0.3) is 5.91 Å². The maximum absolute atomic E-state index is 12.3. The maximum Gasteiger partial charge on any atom is 0.260 e. The lowest BCUT2D eigenvalue weighted by Crippen LogP contribution is -2.39. The van der Waals surface area contributed by atoms with Crippen molar-refractivity contribution in [2.45, 2.75) is 6.92 Å². The standard InChI is InChI=1S/C19H22BrClN4O3S/c1-13-5-7-15(21)10-18(13)25(29(4,27)28)12-19(26)23-22-11-14-6-8-17(24(2)3)16(20)9-14/h5-11H,12H2,1-4H3,(H,23,26)/b22-11-. The summed E-state index contributed by atoms with van der Waals surface area (Å²) in [6.45, 7) is 1.33. The number of benzene rings is 2. The summed E-state index contributed by atoms with van der Waals surface area (Å²) >= 11 is 9.48. The molecule has 0 aliphatic heterocycles. The third kappa shape index (κ3) is 6.45. The van der Waals surface area contributed by atoms with Crippen LogP contribution in [0.4, 0.5) is 11.4 Å². The molecular weight excluding hydrogens is 480 g/mol. The summed E-state index contributed by atoms with van der Waals surface area (Å²) in [4.78, 5) is 14.3. The quantitative estimate of drug-likeness (QED) is 0.466. The first-order valence-corrected chi connectivity index (χ1v) is 11.5. The van der Waals surface area contributed by atoms with Gasteiger partial charge in [-0.05, 0) is 58.2 Å². The first kappa shape index (κ1) is 23.2. The van der Waals surface area contributed by atoms with Crippen LogP contribution >= 0.6 is 27.5 Å². The predicted molar refractivity (Wildman–Crippen MR) is 123 cm³/mol. The fraction of sp³-hybridized carbons (Fsp3) is 0.263. The SMILES string of the molecule is Cc1ccc(Cl)cc1N(CC(=O)N/N=C\c1ccc(N(C)C)c(Br)c1)S(C)(=O)=O. The number of hydrazone groups is 1. The number of amides is 1. The Labute approximate surface area is 184 Å². The van der Waals surface area contributed by atoms with Gasteiger partial charge in [-0.15, -0.1) is 0 Å². The lowest BCUT2D eigenvalue weighted by atomic mass is 10.2. The number of halogens is 2. The summed E-state index contributed by atoms with van der Waals surface area (Å²) in [6.07, 6.45) is 2.52. The summed E-state index contributed by atoms with van der Waals surface area (Å²) in [5.74, 6) is -0.574. The van der Waals surface area contributed by atoms with Gasteiger partial charge in [-0.1, -0.05) is 23.7 Å². The molecule has 0 atom stereocenters. The zero-order chi connectivity index (χ0) is 21.8. The van der Waals surface area contributed by atoms with E-state index in [0.717, 1.165) is 26.3 Å². The van der Waals surface area contributed by atoms with Crippen molar-refractivity contribution in [3.63, 3.8) is 0 Å². The van der Waals surface area contributed by atoms with Gasteiger partial charge in [-0.25, -0.2) is 13.8 Å². The minimum absolute atomic E-state index is 0.349. The summed E-state index contributed by atoms with van der Waals surface area (Å²) in [5, 5.41) is 4.30. The minimum Gasteiger partial charge on any atom is -0.377 e.